The number of benzene rings is 3. The van der Waals surface area contributed by atoms with Gasteiger partial charge in [-0.05, 0) is 42.7 Å². The molecule has 1 saturated heterocycles. The van der Waals surface area contributed by atoms with Crippen molar-refractivity contribution >= 4 is 22.6 Å². The summed E-state index contributed by atoms with van der Waals surface area (Å²) in [5.74, 6) is 1.25. The molecule has 1 aliphatic heterocycles. The quantitative estimate of drug-likeness (QED) is 0.422. The number of aryl methyl sites for hydroxylation is 1. The number of amides is 1. The third kappa shape index (κ3) is 3.42. The van der Waals surface area contributed by atoms with E-state index in [-0.39, 0.29) is 17.9 Å². The molecule has 1 aromatic heterocycles. The van der Waals surface area contributed by atoms with Crippen LogP contribution in [0.3, 0.4) is 0 Å². The number of fused-ring (bicyclic) bond motifs is 1. The van der Waals surface area contributed by atoms with Gasteiger partial charge < -0.3 is 9.47 Å². The van der Waals surface area contributed by atoms with Crippen molar-refractivity contribution in [2.75, 3.05) is 11.4 Å². The van der Waals surface area contributed by atoms with E-state index in [9.17, 15) is 4.79 Å². The fourth-order valence-corrected chi connectivity index (χ4v) is 4.83. The Morgan fingerprint density at radius 3 is 2.48 bits per heavy atom. The molecule has 4 nitrogen and oxygen atoms in total. The second-order valence-corrected chi connectivity index (χ2v) is 8.30. The first-order valence-corrected chi connectivity index (χ1v) is 11.1. The summed E-state index contributed by atoms with van der Waals surface area (Å²) < 4.78 is 2.33. The zero-order chi connectivity index (χ0) is 21.4. The molecular weight excluding hydrogens is 382 g/mol. The van der Waals surface area contributed by atoms with Crippen molar-refractivity contribution in [1.82, 2.24) is 9.55 Å². The van der Waals surface area contributed by atoms with Crippen LogP contribution < -0.4 is 4.90 Å². The first kappa shape index (κ1) is 19.6. The molecular formula is C27H27N3O. The second-order valence-electron chi connectivity index (χ2n) is 8.30. The monoisotopic (exact) mass is 409 g/mol. The maximum Gasteiger partial charge on any atom is 0.227 e. The minimum atomic E-state index is 0.0657. The summed E-state index contributed by atoms with van der Waals surface area (Å²) in [4.78, 5) is 20.1. The van der Waals surface area contributed by atoms with Gasteiger partial charge >= 0.3 is 0 Å². The van der Waals surface area contributed by atoms with Crippen molar-refractivity contribution in [2.45, 2.75) is 38.6 Å². The van der Waals surface area contributed by atoms with Gasteiger partial charge in [0.05, 0.1) is 17.1 Å². The molecule has 5 rings (SSSR count). The lowest BCUT2D eigenvalue weighted by Crippen LogP contribution is -2.25. The summed E-state index contributed by atoms with van der Waals surface area (Å²) in [5.41, 5.74) is 5.59. The number of anilines is 1. The fourth-order valence-electron chi connectivity index (χ4n) is 4.83. The van der Waals surface area contributed by atoms with Gasteiger partial charge in [-0.3, -0.25) is 4.79 Å². The van der Waals surface area contributed by atoms with Gasteiger partial charge in [-0.2, -0.15) is 0 Å². The maximum atomic E-state index is 13.1. The lowest BCUT2D eigenvalue weighted by atomic mass is 10.0. The number of carbonyl (C=O) groups is 1. The van der Waals surface area contributed by atoms with E-state index in [4.69, 9.17) is 4.98 Å². The van der Waals surface area contributed by atoms with Crippen molar-refractivity contribution in [3.05, 3.63) is 95.8 Å². The van der Waals surface area contributed by atoms with Crippen LogP contribution in [0.5, 0.6) is 0 Å². The molecule has 0 N–H and O–H groups in total. The Labute approximate surface area is 183 Å². The molecule has 0 saturated carbocycles. The van der Waals surface area contributed by atoms with Crippen LogP contribution in [-0.4, -0.2) is 22.0 Å². The Morgan fingerprint density at radius 2 is 1.68 bits per heavy atom. The number of imidazole rings is 1. The van der Waals surface area contributed by atoms with Gasteiger partial charge in [-0.25, -0.2) is 4.98 Å². The predicted octanol–water partition coefficient (Wildman–Crippen LogP) is 5.73. The minimum absolute atomic E-state index is 0.0657. The van der Waals surface area contributed by atoms with Gasteiger partial charge in [0.2, 0.25) is 5.91 Å². The van der Waals surface area contributed by atoms with Crippen LogP contribution in [0.25, 0.3) is 11.0 Å². The summed E-state index contributed by atoms with van der Waals surface area (Å²) in [6, 6.07) is 27.2. The van der Waals surface area contributed by atoms with Gasteiger partial charge in [0.15, 0.2) is 0 Å². The number of hydrogen-bond donors (Lipinski definition) is 0. The van der Waals surface area contributed by atoms with E-state index in [1.165, 1.54) is 11.1 Å². The third-order valence-corrected chi connectivity index (χ3v) is 6.45. The lowest BCUT2D eigenvalue weighted by molar-refractivity contribution is -0.117. The van der Waals surface area contributed by atoms with E-state index < -0.39 is 0 Å². The van der Waals surface area contributed by atoms with E-state index >= 15 is 0 Å². The molecule has 4 aromatic rings. The molecule has 0 spiro atoms. The summed E-state index contributed by atoms with van der Waals surface area (Å²) in [6.45, 7) is 5.02. The van der Waals surface area contributed by atoms with Crippen molar-refractivity contribution in [3.63, 3.8) is 0 Å². The summed E-state index contributed by atoms with van der Waals surface area (Å²) >= 11 is 0. The van der Waals surface area contributed by atoms with Crippen molar-refractivity contribution in [2.24, 2.45) is 0 Å². The molecule has 31 heavy (non-hydrogen) atoms. The number of nitrogens with zero attached hydrogens (tertiary/aromatic N) is 3. The first-order chi connectivity index (χ1) is 15.2. The lowest BCUT2D eigenvalue weighted by Gasteiger charge is -2.22. The second kappa shape index (κ2) is 8.03. The molecule has 0 radical (unpaired) electrons. The standard InChI is InChI=1S/C27H27N3O/c1-3-20-11-7-9-15-24(20)29-18-22(17-26(29)31)27-28-23-14-8-10-16-25(23)30(27)19(2)21-12-5-4-6-13-21/h4-16,19,22H,3,17-18H2,1-2H3/t19-,22-/m1/s1. The normalized spacial score (nSPS) is 17.4. The Kier molecular flexibility index (Phi) is 5.06. The van der Waals surface area contributed by atoms with Crippen LogP contribution in [0.15, 0.2) is 78.9 Å². The average Bonchev–Trinajstić information content (AvgIpc) is 3.39. The van der Waals surface area contributed by atoms with Crippen molar-refractivity contribution < 1.29 is 4.79 Å². The predicted molar refractivity (Wildman–Crippen MR) is 126 cm³/mol. The van der Waals surface area contributed by atoms with Gasteiger partial charge in [0.25, 0.3) is 0 Å². The highest BCUT2D eigenvalue weighted by Crippen LogP contribution is 2.37. The zero-order valence-corrected chi connectivity index (χ0v) is 18.0. The van der Waals surface area contributed by atoms with Gasteiger partial charge in [0.1, 0.15) is 5.82 Å². The molecule has 1 aliphatic rings. The zero-order valence-electron chi connectivity index (χ0n) is 18.0. The molecule has 0 aliphatic carbocycles. The number of para-hydroxylation sites is 3. The molecule has 3 aromatic carbocycles. The minimum Gasteiger partial charge on any atom is -0.320 e. The van der Waals surface area contributed by atoms with Gasteiger partial charge in [-0.1, -0.05) is 67.6 Å². The number of hydrogen-bond acceptors (Lipinski definition) is 2. The molecule has 1 fully saturated rings. The Bertz CT molecular complexity index is 1230. The van der Waals surface area contributed by atoms with Crippen LogP contribution in [0.4, 0.5) is 5.69 Å². The molecule has 2 atom stereocenters. The topological polar surface area (TPSA) is 38.1 Å². The van der Waals surface area contributed by atoms with Crippen LogP contribution in [-0.2, 0) is 11.2 Å². The fraction of sp³-hybridized carbons (Fsp3) is 0.259. The van der Waals surface area contributed by atoms with E-state index in [0.29, 0.717) is 13.0 Å². The molecule has 4 heteroatoms. The van der Waals surface area contributed by atoms with Gasteiger partial charge in [0, 0.05) is 24.6 Å². The summed E-state index contributed by atoms with van der Waals surface area (Å²) in [6.07, 6.45) is 1.40. The molecule has 156 valence electrons. The summed E-state index contributed by atoms with van der Waals surface area (Å²) in [5, 5.41) is 0. The summed E-state index contributed by atoms with van der Waals surface area (Å²) in [7, 11) is 0. The highest BCUT2D eigenvalue weighted by Gasteiger charge is 2.36. The van der Waals surface area contributed by atoms with Crippen LogP contribution in [0, 0.1) is 0 Å². The average molecular weight is 410 g/mol. The first-order valence-electron chi connectivity index (χ1n) is 11.1. The highest BCUT2D eigenvalue weighted by molar-refractivity contribution is 5.97. The Hall–Kier alpha value is -3.40. The largest absolute Gasteiger partial charge is 0.320 e. The van der Waals surface area contributed by atoms with Crippen LogP contribution in [0.1, 0.15) is 49.2 Å². The van der Waals surface area contributed by atoms with Crippen molar-refractivity contribution in [1.29, 1.82) is 0 Å². The van der Waals surface area contributed by atoms with Crippen molar-refractivity contribution in [3.8, 4) is 0 Å². The smallest absolute Gasteiger partial charge is 0.227 e. The maximum absolute atomic E-state index is 13.1. The molecule has 0 bridgehead atoms. The Morgan fingerprint density at radius 1 is 0.968 bits per heavy atom. The van der Waals surface area contributed by atoms with Gasteiger partial charge in [-0.15, -0.1) is 0 Å². The third-order valence-electron chi connectivity index (χ3n) is 6.45. The highest BCUT2D eigenvalue weighted by atomic mass is 16.2. The SMILES string of the molecule is CCc1ccccc1N1C[C@H](c2nc3ccccc3n2[C@H](C)c2ccccc2)CC1=O. The van der Waals surface area contributed by atoms with Crippen LogP contribution >= 0.6 is 0 Å². The number of aromatic nitrogens is 2. The van der Waals surface area contributed by atoms with E-state index in [2.05, 4.69) is 73.0 Å². The molecule has 1 amide bonds. The molecule has 0 unspecified atom stereocenters. The Balaban J connectivity index is 1.57. The molecule has 2 heterocycles. The van der Waals surface area contributed by atoms with Crippen LogP contribution in [0.2, 0.25) is 0 Å². The number of rotatable bonds is 5. The van der Waals surface area contributed by atoms with E-state index in [0.717, 1.165) is 29.0 Å². The number of carbonyl (C=O) groups excluding carboxylic acids is 1. The van der Waals surface area contributed by atoms with E-state index in [1.54, 1.807) is 0 Å². The van der Waals surface area contributed by atoms with E-state index in [1.807, 2.05) is 29.2 Å².